The van der Waals surface area contributed by atoms with Gasteiger partial charge in [-0.25, -0.2) is 0 Å². The number of nitrogens with one attached hydrogen (secondary N) is 2. The van der Waals surface area contributed by atoms with E-state index in [2.05, 4.69) is 15.5 Å². The van der Waals surface area contributed by atoms with Gasteiger partial charge in [0, 0.05) is 32.7 Å². The zero-order valence-corrected chi connectivity index (χ0v) is 10.6. The van der Waals surface area contributed by atoms with Crippen molar-refractivity contribution in [2.45, 2.75) is 12.8 Å². The second-order valence-electron chi connectivity index (χ2n) is 4.86. The number of nitrogens with zero attached hydrogens (tertiary/aromatic N) is 2. The van der Waals surface area contributed by atoms with Gasteiger partial charge in [0.15, 0.2) is 0 Å². The molecule has 0 saturated carbocycles. The molecule has 2 bridgehead atoms. The molecular formula is C12H24N4O. The van der Waals surface area contributed by atoms with Crippen molar-refractivity contribution in [2.75, 3.05) is 58.9 Å². The number of hydrogen-bond donors (Lipinski definition) is 2. The molecule has 3 fully saturated rings. The Morgan fingerprint density at radius 1 is 0.824 bits per heavy atom. The van der Waals surface area contributed by atoms with E-state index in [9.17, 15) is 4.79 Å². The average Bonchev–Trinajstić information content (AvgIpc) is 2.33. The van der Waals surface area contributed by atoms with Crippen LogP contribution in [0.5, 0.6) is 0 Å². The van der Waals surface area contributed by atoms with E-state index in [1.807, 2.05) is 4.90 Å². The number of hydrogen-bond acceptors (Lipinski definition) is 4. The van der Waals surface area contributed by atoms with Crippen molar-refractivity contribution < 1.29 is 4.79 Å². The lowest BCUT2D eigenvalue weighted by Gasteiger charge is -2.34. The van der Waals surface area contributed by atoms with Crippen LogP contribution in [0.3, 0.4) is 0 Å². The van der Waals surface area contributed by atoms with E-state index in [0.717, 1.165) is 65.2 Å². The lowest BCUT2D eigenvalue weighted by molar-refractivity contribution is -0.136. The highest BCUT2D eigenvalue weighted by atomic mass is 16.2. The topological polar surface area (TPSA) is 47.6 Å². The van der Waals surface area contributed by atoms with Gasteiger partial charge in [-0.05, 0) is 32.5 Å². The number of carbonyl (C=O) groups is 1. The van der Waals surface area contributed by atoms with E-state index in [1.165, 1.54) is 0 Å². The normalized spacial score (nSPS) is 29.1. The highest BCUT2D eigenvalue weighted by Gasteiger charge is 2.22. The molecule has 5 heteroatoms. The second kappa shape index (κ2) is 6.93. The maximum Gasteiger partial charge on any atom is 0.236 e. The molecule has 0 aromatic rings. The van der Waals surface area contributed by atoms with Crippen molar-refractivity contribution in [2.24, 2.45) is 0 Å². The van der Waals surface area contributed by atoms with Gasteiger partial charge in [-0.15, -0.1) is 0 Å². The van der Waals surface area contributed by atoms with Crippen LogP contribution in [-0.4, -0.2) is 74.6 Å². The van der Waals surface area contributed by atoms with E-state index in [1.54, 1.807) is 0 Å². The van der Waals surface area contributed by atoms with Crippen LogP contribution in [0.1, 0.15) is 12.8 Å². The van der Waals surface area contributed by atoms with E-state index < -0.39 is 0 Å². The summed E-state index contributed by atoms with van der Waals surface area (Å²) in [5, 5.41) is 6.82. The predicted octanol–water partition coefficient (Wildman–Crippen LogP) is -0.896. The zero-order chi connectivity index (χ0) is 11.9. The summed E-state index contributed by atoms with van der Waals surface area (Å²) >= 11 is 0. The van der Waals surface area contributed by atoms with Crippen LogP contribution < -0.4 is 10.6 Å². The first-order chi connectivity index (χ1) is 8.36. The van der Waals surface area contributed by atoms with Gasteiger partial charge in [0.1, 0.15) is 0 Å². The van der Waals surface area contributed by atoms with Gasteiger partial charge in [-0.3, -0.25) is 9.69 Å². The largest absolute Gasteiger partial charge is 0.340 e. The standard InChI is InChI=1S/C12H24N4O/c17-12-11-15-7-1-3-13-5-6-14-4-2-8-16(12)10-9-15/h13-14H,1-11H2. The summed E-state index contributed by atoms with van der Waals surface area (Å²) in [4.78, 5) is 16.2. The third-order valence-electron chi connectivity index (χ3n) is 3.49. The Bertz CT molecular complexity index is 243. The Morgan fingerprint density at radius 3 is 2.24 bits per heavy atom. The molecule has 98 valence electrons. The third-order valence-corrected chi connectivity index (χ3v) is 3.49. The van der Waals surface area contributed by atoms with Crippen LogP contribution in [0.15, 0.2) is 0 Å². The number of fused-ring (bicyclic) bond motifs is 11. The van der Waals surface area contributed by atoms with Crippen molar-refractivity contribution in [3.05, 3.63) is 0 Å². The van der Waals surface area contributed by atoms with Gasteiger partial charge in [0.2, 0.25) is 5.91 Å². The Morgan fingerprint density at radius 2 is 1.53 bits per heavy atom. The molecule has 3 heterocycles. The Labute approximate surface area is 104 Å². The van der Waals surface area contributed by atoms with Crippen molar-refractivity contribution in [1.29, 1.82) is 0 Å². The molecule has 17 heavy (non-hydrogen) atoms. The first-order valence-corrected chi connectivity index (χ1v) is 6.78. The van der Waals surface area contributed by atoms with Crippen molar-refractivity contribution >= 4 is 5.91 Å². The number of piperazine rings is 1. The molecule has 1 unspecified atom stereocenters. The molecule has 0 aromatic carbocycles. The van der Waals surface area contributed by atoms with Crippen LogP contribution in [0.4, 0.5) is 0 Å². The molecule has 3 aliphatic rings. The fraction of sp³-hybridized carbons (Fsp3) is 0.917. The van der Waals surface area contributed by atoms with Gasteiger partial charge in [-0.2, -0.15) is 0 Å². The molecule has 0 spiro atoms. The summed E-state index contributed by atoms with van der Waals surface area (Å²) in [6.07, 6.45) is 2.19. The molecular weight excluding hydrogens is 216 g/mol. The minimum absolute atomic E-state index is 0.307. The highest BCUT2D eigenvalue weighted by molar-refractivity contribution is 5.79. The molecule has 1 amide bonds. The molecule has 0 aliphatic carbocycles. The number of amides is 1. The van der Waals surface area contributed by atoms with E-state index in [-0.39, 0.29) is 0 Å². The monoisotopic (exact) mass is 240 g/mol. The second-order valence-corrected chi connectivity index (χ2v) is 4.86. The SMILES string of the molecule is O=C1CN2CCCNCCNCCCN1CC2. The molecule has 1 atom stereocenters. The first kappa shape index (κ1) is 12.8. The molecule has 5 nitrogen and oxygen atoms in total. The average molecular weight is 240 g/mol. The molecule has 3 saturated heterocycles. The van der Waals surface area contributed by atoms with E-state index >= 15 is 0 Å². The van der Waals surface area contributed by atoms with Gasteiger partial charge in [-0.1, -0.05) is 0 Å². The summed E-state index contributed by atoms with van der Waals surface area (Å²) < 4.78 is 0. The van der Waals surface area contributed by atoms with E-state index in [4.69, 9.17) is 0 Å². The van der Waals surface area contributed by atoms with Crippen LogP contribution in [0.25, 0.3) is 0 Å². The molecule has 0 aromatic heterocycles. The first-order valence-electron chi connectivity index (χ1n) is 6.78. The summed E-state index contributed by atoms with van der Waals surface area (Å²) in [6, 6.07) is 0. The van der Waals surface area contributed by atoms with Crippen LogP contribution >= 0.6 is 0 Å². The van der Waals surface area contributed by atoms with Gasteiger partial charge < -0.3 is 15.5 Å². The minimum Gasteiger partial charge on any atom is -0.340 e. The smallest absolute Gasteiger partial charge is 0.236 e. The van der Waals surface area contributed by atoms with Crippen molar-refractivity contribution in [3.63, 3.8) is 0 Å². The van der Waals surface area contributed by atoms with Gasteiger partial charge >= 0.3 is 0 Å². The van der Waals surface area contributed by atoms with Crippen molar-refractivity contribution in [1.82, 2.24) is 20.4 Å². The molecule has 0 radical (unpaired) electrons. The quantitative estimate of drug-likeness (QED) is 0.576. The predicted molar refractivity (Wildman–Crippen MR) is 68.0 cm³/mol. The maximum atomic E-state index is 11.9. The fourth-order valence-corrected chi connectivity index (χ4v) is 2.43. The minimum atomic E-state index is 0.307. The number of carbonyl (C=O) groups excluding carboxylic acids is 1. The van der Waals surface area contributed by atoms with Crippen LogP contribution in [0, 0.1) is 0 Å². The molecule has 2 N–H and O–H groups in total. The third kappa shape index (κ3) is 4.26. The Kier molecular flexibility index (Phi) is 5.22. The van der Waals surface area contributed by atoms with Crippen LogP contribution in [-0.2, 0) is 4.79 Å². The van der Waals surface area contributed by atoms with Gasteiger partial charge in [0.05, 0.1) is 6.54 Å². The Balaban J connectivity index is 1.82. The zero-order valence-electron chi connectivity index (χ0n) is 10.6. The van der Waals surface area contributed by atoms with E-state index in [0.29, 0.717) is 12.5 Å². The molecule has 3 rings (SSSR count). The van der Waals surface area contributed by atoms with Crippen molar-refractivity contribution in [3.8, 4) is 0 Å². The summed E-state index contributed by atoms with van der Waals surface area (Å²) in [6.45, 7) is 8.65. The summed E-state index contributed by atoms with van der Waals surface area (Å²) in [5.41, 5.74) is 0. The number of rotatable bonds is 0. The highest BCUT2D eigenvalue weighted by Crippen LogP contribution is 2.04. The Hall–Kier alpha value is -0.650. The summed E-state index contributed by atoms with van der Waals surface area (Å²) in [7, 11) is 0. The molecule has 3 aliphatic heterocycles. The lowest BCUT2D eigenvalue weighted by Crippen LogP contribution is -2.51. The van der Waals surface area contributed by atoms with Gasteiger partial charge in [0.25, 0.3) is 0 Å². The summed E-state index contributed by atoms with van der Waals surface area (Å²) in [5.74, 6) is 0.307. The maximum absolute atomic E-state index is 11.9. The van der Waals surface area contributed by atoms with Crippen LogP contribution in [0.2, 0.25) is 0 Å². The lowest BCUT2D eigenvalue weighted by atomic mass is 10.2. The fourth-order valence-electron chi connectivity index (χ4n) is 2.43.